The largest absolute Gasteiger partial charge is 0.363 e. The number of nitrogens with zero attached hydrogens (tertiary/aromatic N) is 2. The molecular formula is C12H13ClN2O2. The Labute approximate surface area is 104 Å². The molecule has 4 nitrogen and oxygen atoms in total. The van der Waals surface area contributed by atoms with Gasteiger partial charge in [0.05, 0.1) is 17.9 Å². The van der Waals surface area contributed by atoms with Crippen molar-refractivity contribution in [2.75, 3.05) is 0 Å². The molecule has 17 heavy (non-hydrogen) atoms. The summed E-state index contributed by atoms with van der Waals surface area (Å²) in [6.07, 6.45) is -0.215. The van der Waals surface area contributed by atoms with Gasteiger partial charge in [-0.25, -0.2) is 4.98 Å². The van der Waals surface area contributed by atoms with Crippen molar-refractivity contribution in [3.8, 4) is 0 Å². The van der Waals surface area contributed by atoms with E-state index < -0.39 is 6.29 Å². The van der Waals surface area contributed by atoms with Gasteiger partial charge >= 0.3 is 0 Å². The molecule has 1 aromatic heterocycles. The molecule has 0 aliphatic carbocycles. The first-order chi connectivity index (χ1) is 8.11. The third-order valence-corrected chi connectivity index (χ3v) is 2.99. The number of aromatic nitrogens is 2. The molecule has 1 heterocycles. The molecule has 0 saturated heterocycles. The number of halogens is 1. The van der Waals surface area contributed by atoms with Crippen molar-refractivity contribution in [3.05, 3.63) is 53.1 Å². The smallest absolute Gasteiger partial charge is 0.203 e. The summed E-state index contributed by atoms with van der Waals surface area (Å²) in [6, 6.07) is 9.57. The molecule has 0 saturated carbocycles. The predicted molar refractivity (Wildman–Crippen MR) is 64.7 cm³/mol. The normalized spacial score (nSPS) is 13.0. The summed E-state index contributed by atoms with van der Waals surface area (Å²) >= 11 is 5.96. The lowest BCUT2D eigenvalue weighted by atomic mass is 10.1. The van der Waals surface area contributed by atoms with Crippen LogP contribution in [0, 0.1) is 0 Å². The molecule has 0 spiro atoms. The first kappa shape index (κ1) is 12.1. The zero-order chi connectivity index (χ0) is 12.4. The fourth-order valence-electron chi connectivity index (χ4n) is 1.81. The molecule has 0 fully saturated rings. The molecule has 0 bridgehead atoms. The molecule has 1 atom stereocenters. The maximum absolute atomic E-state index is 9.25. The van der Waals surface area contributed by atoms with E-state index in [1.807, 2.05) is 37.3 Å². The minimum absolute atomic E-state index is 0.108. The topological polar surface area (TPSA) is 58.3 Å². The zero-order valence-electron chi connectivity index (χ0n) is 9.29. The van der Waals surface area contributed by atoms with E-state index in [2.05, 4.69) is 4.98 Å². The summed E-state index contributed by atoms with van der Waals surface area (Å²) < 4.78 is 1.60. The Bertz CT molecular complexity index is 496. The first-order valence-electron chi connectivity index (χ1n) is 5.25. The number of aliphatic hydroxyl groups is 2. The van der Waals surface area contributed by atoms with Gasteiger partial charge in [0.2, 0.25) is 5.28 Å². The van der Waals surface area contributed by atoms with Crippen LogP contribution in [0.2, 0.25) is 5.28 Å². The SMILES string of the molecule is C[C@H](c1ccccc1)n1c(C(O)O)cnc1Cl. The van der Waals surface area contributed by atoms with Crippen LogP contribution in [0.4, 0.5) is 0 Å². The number of benzene rings is 1. The Morgan fingerprint density at radius 1 is 1.24 bits per heavy atom. The van der Waals surface area contributed by atoms with Crippen LogP contribution in [0.15, 0.2) is 36.5 Å². The Morgan fingerprint density at radius 2 is 1.88 bits per heavy atom. The van der Waals surface area contributed by atoms with E-state index in [1.165, 1.54) is 6.20 Å². The lowest BCUT2D eigenvalue weighted by Gasteiger charge is -2.18. The van der Waals surface area contributed by atoms with Crippen LogP contribution in [0.25, 0.3) is 0 Å². The Kier molecular flexibility index (Phi) is 3.47. The number of hydrogen-bond donors (Lipinski definition) is 2. The fourth-order valence-corrected chi connectivity index (χ4v) is 2.10. The highest BCUT2D eigenvalue weighted by molar-refractivity contribution is 6.28. The highest BCUT2D eigenvalue weighted by atomic mass is 35.5. The molecule has 2 aromatic rings. The molecule has 5 heteroatoms. The van der Waals surface area contributed by atoms with Crippen LogP contribution in [0.3, 0.4) is 0 Å². The number of rotatable bonds is 3. The standard InChI is InChI=1S/C12H13ClN2O2/c1-8(9-5-3-2-4-6-9)15-10(11(16)17)7-14-12(15)13/h2-8,11,16-17H,1H3/t8-/m1/s1. The second kappa shape index (κ2) is 4.87. The molecule has 0 unspecified atom stereocenters. The molecule has 1 aromatic carbocycles. The third kappa shape index (κ3) is 2.34. The summed E-state index contributed by atoms with van der Waals surface area (Å²) in [5, 5.41) is 18.7. The molecular weight excluding hydrogens is 240 g/mol. The van der Waals surface area contributed by atoms with E-state index in [0.717, 1.165) is 5.56 Å². The van der Waals surface area contributed by atoms with Crippen molar-refractivity contribution in [1.29, 1.82) is 0 Å². The molecule has 2 N–H and O–H groups in total. The van der Waals surface area contributed by atoms with Gasteiger partial charge in [0, 0.05) is 0 Å². The van der Waals surface area contributed by atoms with Crippen molar-refractivity contribution in [2.24, 2.45) is 0 Å². The monoisotopic (exact) mass is 252 g/mol. The maximum atomic E-state index is 9.25. The second-order valence-corrected chi connectivity index (χ2v) is 4.12. The van der Waals surface area contributed by atoms with Crippen molar-refractivity contribution in [3.63, 3.8) is 0 Å². The minimum Gasteiger partial charge on any atom is -0.363 e. The highest BCUT2D eigenvalue weighted by Crippen LogP contribution is 2.26. The summed E-state index contributed by atoms with van der Waals surface area (Å²) in [5.41, 5.74) is 1.31. The van der Waals surface area contributed by atoms with Crippen LogP contribution in [0.1, 0.15) is 30.5 Å². The number of hydrogen-bond acceptors (Lipinski definition) is 3. The second-order valence-electron chi connectivity index (χ2n) is 3.78. The maximum Gasteiger partial charge on any atom is 0.203 e. The highest BCUT2D eigenvalue weighted by Gasteiger charge is 2.19. The lowest BCUT2D eigenvalue weighted by Crippen LogP contribution is -2.13. The van der Waals surface area contributed by atoms with Gasteiger partial charge in [-0.15, -0.1) is 0 Å². The van der Waals surface area contributed by atoms with Gasteiger partial charge in [0.1, 0.15) is 0 Å². The molecule has 0 radical (unpaired) electrons. The molecule has 0 aliphatic heterocycles. The van der Waals surface area contributed by atoms with Crippen LogP contribution in [0.5, 0.6) is 0 Å². The number of aliphatic hydroxyl groups excluding tert-OH is 1. The average Bonchev–Trinajstić information content (AvgIpc) is 2.71. The van der Waals surface area contributed by atoms with Crippen LogP contribution in [-0.4, -0.2) is 19.8 Å². The molecule has 0 amide bonds. The van der Waals surface area contributed by atoms with Gasteiger partial charge < -0.3 is 14.8 Å². The summed E-state index contributed by atoms with van der Waals surface area (Å²) in [6.45, 7) is 1.93. The quantitative estimate of drug-likeness (QED) is 0.823. The van der Waals surface area contributed by atoms with E-state index >= 15 is 0 Å². The molecule has 90 valence electrons. The lowest BCUT2D eigenvalue weighted by molar-refractivity contribution is -0.0487. The third-order valence-electron chi connectivity index (χ3n) is 2.71. The summed E-state index contributed by atoms with van der Waals surface area (Å²) in [5.74, 6) is 0. The van der Waals surface area contributed by atoms with Crippen molar-refractivity contribution in [1.82, 2.24) is 9.55 Å². The predicted octanol–water partition coefficient (Wildman–Crippen LogP) is 2.13. The Morgan fingerprint density at radius 3 is 2.47 bits per heavy atom. The van der Waals surface area contributed by atoms with E-state index in [-0.39, 0.29) is 17.0 Å². The van der Waals surface area contributed by atoms with Gasteiger partial charge in [-0.05, 0) is 24.1 Å². The molecule has 0 aliphatic rings. The van der Waals surface area contributed by atoms with Gasteiger partial charge in [0.25, 0.3) is 0 Å². The van der Waals surface area contributed by atoms with Crippen LogP contribution >= 0.6 is 11.6 Å². The summed E-state index contributed by atoms with van der Waals surface area (Å²) in [4.78, 5) is 3.89. The van der Waals surface area contributed by atoms with Gasteiger partial charge in [-0.3, -0.25) is 0 Å². The van der Waals surface area contributed by atoms with Gasteiger partial charge in [-0.1, -0.05) is 30.3 Å². The van der Waals surface area contributed by atoms with Crippen molar-refractivity contribution < 1.29 is 10.2 Å². The zero-order valence-corrected chi connectivity index (χ0v) is 10.0. The van der Waals surface area contributed by atoms with Gasteiger partial charge in [-0.2, -0.15) is 0 Å². The van der Waals surface area contributed by atoms with Crippen LogP contribution in [-0.2, 0) is 0 Å². The van der Waals surface area contributed by atoms with Crippen molar-refractivity contribution in [2.45, 2.75) is 19.3 Å². The molecule has 2 rings (SSSR count). The van der Waals surface area contributed by atoms with E-state index in [0.29, 0.717) is 0 Å². The Hall–Kier alpha value is -1.36. The van der Waals surface area contributed by atoms with E-state index in [9.17, 15) is 10.2 Å². The Balaban J connectivity index is 2.43. The first-order valence-corrected chi connectivity index (χ1v) is 5.62. The van der Waals surface area contributed by atoms with E-state index in [1.54, 1.807) is 4.57 Å². The van der Waals surface area contributed by atoms with Crippen molar-refractivity contribution >= 4 is 11.6 Å². The van der Waals surface area contributed by atoms with Crippen LogP contribution < -0.4 is 0 Å². The number of imidazole rings is 1. The van der Waals surface area contributed by atoms with E-state index in [4.69, 9.17) is 11.6 Å². The minimum atomic E-state index is -1.58. The van der Waals surface area contributed by atoms with Gasteiger partial charge in [0.15, 0.2) is 6.29 Å². The average molecular weight is 253 g/mol. The summed E-state index contributed by atoms with van der Waals surface area (Å²) in [7, 11) is 0. The fraction of sp³-hybridized carbons (Fsp3) is 0.250.